The quantitative estimate of drug-likeness (QED) is 0.281. The van der Waals surface area contributed by atoms with Gasteiger partial charge in [0.1, 0.15) is 12.4 Å². The van der Waals surface area contributed by atoms with E-state index in [1.807, 2.05) is 0 Å². The number of methoxy groups -OCH3 is 1. The fraction of sp³-hybridized carbons (Fsp3) is 0.143. The summed E-state index contributed by atoms with van der Waals surface area (Å²) in [6.07, 6.45) is 3.15. The minimum atomic E-state index is -0.353. The average Bonchev–Trinajstić information content (AvgIpc) is 2.95. The summed E-state index contributed by atoms with van der Waals surface area (Å²) < 4.78 is 25.8. The highest BCUT2D eigenvalue weighted by atomic mass is 127. The number of hydrogen-bond acceptors (Lipinski definition) is 5. The van der Waals surface area contributed by atoms with Crippen LogP contribution in [0.4, 0.5) is 9.18 Å². The van der Waals surface area contributed by atoms with Crippen LogP contribution in [0.1, 0.15) is 11.1 Å². The highest BCUT2D eigenvalue weighted by Gasteiger charge is 2.34. The molecule has 0 bridgehead atoms. The zero-order valence-electron chi connectivity index (χ0n) is 15.5. The van der Waals surface area contributed by atoms with Crippen LogP contribution in [-0.2, 0) is 11.4 Å². The zero-order chi connectivity index (χ0) is 21.0. The minimum Gasteiger partial charge on any atom is -0.493 e. The fourth-order valence-electron chi connectivity index (χ4n) is 2.67. The van der Waals surface area contributed by atoms with Crippen molar-refractivity contribution in [3.8, 4) is 11.5 Å². The molecular formula is C21H17FINO4S. The molecule has 0 radical (unpaired) electrons. The second-order valence-electron chi connectivity index (χ2n) is 6.00. The minimum absolute atomic E-state index is 0.0544. The van der Waals surface area contributed by atoms with E-state index in [2.05, 4.69) is 29.2 Å². The number of rotatable bonds is 7. The highest BCUT2D eigenvalue weighted by Crippen LogP contribution is 2.37. The van der Waals surface area contributed by atoms with Crippen LogP contribution in [0.3, 0.4) is 0 Å². The largest absolute Gasteiger partial charge is 0.493 e. The van der Waals surface area contributed by atoms with Crippen molar-refractivity contribution in [2.45, 2.75) is 6.61 Å². The van der Waals surface area contributed by atoms with E-state index >= 15 is 0 Å². The zero-order valence-corrected chi connectivity index (χ0v) is 18.5. The molecule has 0 saturated carbocycles. The lowest BCUT2D eigenvalue weighted by Crippen LogP contribution is -2.27. The second-order valence-corrected chi connectivity index (χ2v) is 8.15. The molecule has 0 spiro atoms. The van der Waals surface area contributed by atoms with E-state index in [1.54, 1.807) is 36.4 Å². The molecule has 2 aromatic carbocycles. The van der Waals surface area contributed by atoms with Gasteiger partial charge in [-0.15, -0.1) is 6.58 Å². The maximum absolute atomic E-state index is 13.8. The maximum atomic E-state index is 13.8. The number of carbonyl (C=O) groups excluding carboxylic acids is 2. The third kappa shape index (κ3) is 4.81. The molecule has 0 atom stereocenters. The molecule has 1 saturated heterocycles. The van der Waals surface area contributed by atoms with E-state index in [0.717, 1.165) is 20.2 Å². The second kappa shape index (κ2) is 9.45. The Labute approximate surface area is 185 Å². The van der Waals surface area contributed by atoms with Crippen molar-refractivity contribution in [1.82, 2.24) is 4.90 Å². The van der Waals surface area contributed by atoms with E-state index in [9.17, 15) is 14.0 Å². The number of halogens is 2. The number of ether oxygens (including phenoxy) is 2. The molecule has 0 unspecified atom stereocenters. The number of carbonyl (C=O) groups is 2. The van der Waals surface area contributed by atoms with Gasteiger partial charge >= 0.3 is 0 Å². The Balaban J connectivity index is 1.85. The van der Waals surface area contributed by atoms with Gasteiger partial charge in [0.2, 0.25) is 0 Å². The molecule has 0 N–H and O–H groups in total. The lowest BCUT2D eigenvalue weighted by Gasteiger charge is -2.14. The summed E-state index contributed by atoms with van der Waals surface area (Å²) >= 11 is 2.97. The smallest absolute Gasteiger partial charge is 0.293 e. The van der Waals surface area contributed by atoms with Crippen molar-refractivity contribution in [3.05, 3.63) is 74.5 Å². The molecule has 1 fully saturated rings. The van der Waals surface area contributed by atoms with Gasteiger partial charge < -0.3 is 9.47 Å². The molecule has 0 aliphatic carbocycles. The summed E-state index contributed by atoms with van der Waals surface area (Å²) in [6.45, 7) is 3.79. The first-order valence-corrected chi connectivity index (χ1v) is 10.4. The SMILES string of the molecule is C=CCN1C(=O)S/C(=C/c2cc(I)c(OCc3ccccc3F)c(OC)c2)C1=O. The topological polar surface area (TPSA) is 55.8 Å². The first kappa shape index (κ1) is 21.4. The molecular weight excluding hydrogens is 508 g/mol. The predicted molar refractivity (Wildman–Crippen MR) is 119 cm³/mol. The van der Waals surface area contributed by atoms with Gasteiger partial charge in [-0.1, -0.05) is 24.3 Å². The summed E-state index contributed by atoms with van der Waals surface area (Å²) in [5.74, 6) is 0.236. The number of imide groups is 1. The molecule has 1 heterocycles. The van der Waals surface area contributed by atoms with Crippen molar-refractivity contribution in [2.24, 2.45) is 0 Å². The van der Waals surface area contributed by atoms with Gasteiger partial charge in [0, 0.05) is 12.1 Å². The van der Waals surface area contributed by atoms with Crippen LogP contribution in [0.5, 0.6) is 11.5 Å². The van der Waals surface area contributed by atoms with Gasteiger partial charge in [-0.05, 0) is 64.2 Å². The van der Waals surface area contributed by atoms with Crippen LogP contribution >= 0.6 is 34.4 Å². The van der Waals surface area contributed by atoms with Crippen molar-refractivity contribution in [2.75, 3.05) is 13.7 Å². The molecule has 29 heavy (non-hydrogen) atoms. The number of amides is 2. The van der Waals surface area contributed by atoms with Crippen molar-refractivity contribution >= 4 is 51.6 Å². The molecule has 2 aromatic rings. The third-order valence-corrected chi connectivity index (χ3v) is 5.77. The molecule has 150 valence electrons. The first-order chi connectivity index (χ1) is 13.9. The number of thioether (sulfide) groups is 1. The van der Waals surface area contributed by atoms with Crippen LogP contribution < -0.4 is 9.47 Å². The summed E-state index contributed by atoms with van der Waals surface area (Å²) in [4.78, 5) is 25.8. The van der Waals surface area contributed by atoms with Gasteiger partial charge in [-0.25, -0.2) is 4.39 Å². The van der Waals surface area contributed by atoms with Gasteiger partial charge in [0.05, 0.1) is 15.6 Å². The lowest BCUT2D eigenvalue weighted by atomic mass is 10.1. The predicted octanol–water partition coefficient (Wildman–Crippen LogP) is 5.24. The maximum Gasteiger partial charge on any atom is 0.293 e. The van der Waals surface area contributed by atoms with Crippen molar-refractivity contribution in [1.29, 1.82) is 0 Å². The Bertz CT molecular complexity index is 1010. The van der Waals surface area contributed by atoms with E-state index in [-0.39, 0.29) is 30.1 Å². The average molecular weight is 525 g/mol. The van der Waals surface area contributed by atoms with E-state index in [0.29, 0.717) is 27.5 Å². The number of nitrogens with zero attached hydrogens (tertiary/aromatic N) is 1. The van der Waals surface area contributed by atoms with Crippen LogP contribution in [-0.4, -0.2) is 29.7 Å². The van der Waals surface area contributed by atoms with Crippen molar-refractivity contribution in [3.63, 3.8) is 0 Å². The van der Waals surface area contributed by atoms with Crippen LogP contribution in [0.15, 0.2) is 54.0 Å². The van der Waals surface area contributed by atoms with E-state index in [1.165, 1.54) is 19.3 Å². The fourth-order valence-corrected chi connectivity index (χ4v) is 4.30. The summed E-state index contributed by atoms with van der Waals surface area (Å²) in [7, 11) is 1.50. The van der Waals surface area contributed by atoms with Gasteiger partial charge in [0.15, 0.2) is 11.5 Å². The molecule has 1 aliphatic heterocycles. The summed E-state index contributed by atoms with van der Waals surface area (Å²) in [5.41, 5.74) is 1.12. The number of benzene rings is 2. The summed E-state index contributed by atoms with van der Waals surface area (Å²) in [5, 5.41) is -0.326. The standard InChI is InChI=1S/C21H17FINO4S/c1-3-8-24-20(25)18(29-21(24)26)11-13-9-16(23)19(17(10-13)27-2)28-12-14-6-4-5-7-15(14)22/h3-7,9-11H,1,8,12H2,2H3/b18-11+. The van der Waals surface area contributed by atoms with Gasteiger partial charge in [0.25, 0.3) is 11.1 Å². The van der Waals surface area contributed by atoms with Gasteiger partial charge in [-0.2, -0.15) is 0 Å². The Morgan fingerprint density at radius 3 is 2.72 bits per heavy atom. The molecule has 8 heteroatoms. The summed E-state index contributed by atoms with van der Waals surface area (Å²) in [6, 6.07) is 9.91. The molecule has 1 aliphatic rings. The van der Waals surface area contributed by atoms with Gasteiger partial charge in [-0.3, -0.25) is 14.5 Å². The lowest BCUT2D eigenvalue weighted by molar-refractivity contribution is -0.122. The van der Waals surface area contributed by atoms with Crippen LogP contribution in [0, 0.1) is 9.39 Å². The van der Waals surface area contributed by atoms with Crippen LogP contribution in [0.25, 0.3) is 6.08 Å². The Morgan fingerprint density at radius 1 is 1.28 bits per heavy atom. The Kier molecular flexibility index (Phi) is 6.96. The molecule has 0 aromatic heterocycles. The normalized spacial score (nSPS) is 15.1. The molecule has 2 amide bonds. The monoisotopic (exact) mass is 525 g/mol. The van der Waals surface area contributed by atoms with Crippen LogP contribution in [0.2, 0.25) is 0 Å². The Morgan fingerprint density at radius 2 is 2.03 bits per heavy atom. The highest BCUT2D eigenvalue weighted by molar-refractivity contribution is 14.1. The number of hydrogen-bond donors (Lipinski definition) is 0. The molecule has 5 nitrogen and oxygen atoms in total. The first-order valence-electron chi connectivity index (χ1n) is 8.54. The van der Waals surface area contributed by atoms with E-state index < -0.39 is 0 Å². The van der Waals surface area contributed by atoms with E-state index in [4.69, 9.17) is 9.47 Å². The molecule has 3 rings (SSSR count). The Hall–Kier alpha value is -2.33. The third-order valence-electron chi connectivity index (χ3n) is 4.06. The van der Waals surface area contributed by atoms with Crippen molar-refractivity contribution < 1.29 is 23.5 Å².